The van der Waals surface area contributed by atoms with Crippen LogP contribution >= 0.6 is 0 Å². The monoisotopic (exact) mass is 294 g/mol. The third-order valence-electron chi connectivity index (χ3n) is 3.04. The molecule has 2 nitrogen and oxygen atoms in total. The Morgan fingerprint density at radius 1 is 1.00 bits per heavy atom. The second-order valence-corrected chi connectivity index (χ2v) is 4.66. The van der Waals surface area contributed by atoms with Crippen molar-refractivity contribution >= 4 is 5.78 Å². The molecule has 0 radical (unpaired) electrons. The van der Waals surface area contributed by atoms with Crippen LogP contribution in [0, 0.1) is 19.7 Å². The van der Waals surface area contributed by atoms with Gasteiger partial charge in [-0.25, -0.2) is 4.39 Å². The van der Waals surface area contributed by atoms with Gasteiger partial charge in [-0.15, -0.1) is 0 Å². The molecule has 21 heavy (non-hydrogen) atoms. The number of ether oxygens (including phenoxy) is 1. The molecule has 2 aromatic rings. The van der Waals surface area contributed by atoms with E-state index in [2.05, 4.69) is 4.74 Å². The minimum atomic E-state index is -2.91. The molecule has 0 fully saturated rings. The van der Waals surface area contributed by atoms with Gasteiger partial charge in [-0.1, -0.05) is 0 Å². The van der Waals surface area contributed by atoms with Crippen LogP contribution in [0.5, 0.6) is 5.75 Å². The molecule has 0 heterocycles. The molecular weight excluding hydrogens is 281 g/mol. The van der Waals surface area contributed by atoms with Gasteiger partial charge in [0.2, 0.25) is 0 Å². The minimum Gasteiger partial charge on any atom is -0.435 e. The molecule has 0 N–H and O–H groups in total. The zero-order valence-corrected chi connectivity index (χ0v) is 11.5. The van der Waals surface area contributed by atoms with Crippen LogP contribution in [0.3, 0.4) is 0 Å². The molecule has 0 amide bonds. The number of hydrogen-bond acceptors (Lipinski definition) is 2. The van der Waals surface area contributed by atoms with Crippen molar-refractivity contribution in [1.82, 2.24) is 0 Å². The number of halogens is 3. The van der Waals surface area contributed by atoms with Crippen molar-refractivity contribution in [2.75, 3.05) is 0 Å². The standard InChI is InChI=1S/C16H13F3O2/c1-9-7-12(8-10(2)14(9)17)15(20)11-3-5-13(6-4-11)21-16(18)19/h3-8,16H,1-2H3. The van der Waals surface area contributed by atoms with Crippen LogP contribution in [0.4, 0.5) is 13.2 Å². The Morgan fingerprint density at radius 3 is 2.00 bits per heavy atom. The van der Waals surface area contributed by atoms with E-state index in [1.54, 1.807) is 13.8 Å². The summed E-state index contributed by atoms with van der Waals surface area (Å²) in [6.07, 6.45) is 0. The topological polar surface area (TPSA) is 26.3 Å². The van der Waals surface area contributed by atoms with Crippen molar-refractivity contribution in [2.45, 2.75) is 20.5 Å². The predicted octanol–water partition coefficient (Wildman–Crippen LogP) is 4.27. The summed E-state index contributed by atoms with van der Waals surface area (Å²) < 4.78 is 41.9. The highest BCUT2D eigenvalue weighted by Gasteiger charge is 2.13. The Hall–Kier alpha value is -2.30. The van der Waals surface area contributed by atoms with E-state index in [1.807, 2.05) is 0 Å². The summed E-state index contributed by atoms with van der Waals surface area (Å²) in [6.45, 7) is 0.256. The molecule has 0 unspecified atom stereocenters. The average molecular weight is 294 g/mol. The van der Waals surface area contributed by atoms with Gasteiger partial charge in [0, 0.05) is 11.1 Å². The maximum Gasteiger partial charge on any atom is 0.387 e. The number of carbonyl (C=O) groups excluding carboxylic acids is 1. The quantitative estimate of drug-likeness (QED) is 0.787. The number of benzene rings is 2. The number of hydrogen-bond donors (Lipinski definition) is 0. The van der Waals surface area contributed by atoms with Crippen molar-refractivity contribution < 1.29 is 22.7 Å². The zero-order valence-electron chi connectivity index (χ0n) is 11.5. The van der Waals surface area contributed by atoms with Crippen molar-refractivity contribution in [3.8, 4) is 5.75 Å². The van der Waals surface area contributed by atoms with E-state index in [9.17, 15) is 18.0 Å². The van der Waals surface area contributed by atoms with Gasteiger partial charge in [-0.3, -0.25) is 4.79 Å². The lowest BCUT2D eigenvalue weighted by atomic mass is 9.99. The first-order valence-corrected chi connectivity index (χ1v) is 6.25. The number of aryl methyl sites for hydroxylation is 2. The molecule has 2 rings (SSSR count). The van der Waals surface area contributed by atoms with E-state index in [1.165, 1.54) is 36.4 Å². The molecule has 2 aromatic carbocycles. The van der Waals surface area contributed by atoms with Gasteiger partial charge >= 0.3 is 6.61 Å². The van der Waals surface area contributed by atoms with Crippen LogP contribution in [0.25, 0.3) is 0 Å². The Bertz CT molecular complexity index is 641. The fourth-order valence-corrected chi connectivity index (χ4v) is 2.03. The number of alkyl halides is 2. The molecular formula is C16H13F3O2. The Balaban J connectivity index is 2.28. The van der Waals surface area contributed by atoms with E-state index >= 15 is 0 Å². The summed E-state index contributed by atoms with van der Waals surface area (Å²) in [7, 11) is 0. The first-order chi connectivity index (χ1) is 9.88. The second-order valence-electron chi connectivity index (χ2n) is 4.66. The van der Waals surface area contributed by atoms with Crippen molar-refractivity contribution in [2.24, 2.45) is 0 Å². The summed E-state index contributed by atoms with van der Waals surface area (Å²) in [5.41, 5.74) is 1.45. The first-order valence-electron chi connectivity index (χ1n) is 6.25. The molecule has 0 saturated carbocycles. The maximum atomic E-state index is 13.6. The number of carbonyl (C=O) groups is 1. The Labute approximate surface area is 120 Å². The molecule has 0 spiro atoms. The Kier molecular flexibility index (Phi) is 4.31. The summed E-state index contributed by atoms with van der Waals surface area (Å²) >= 11 is 0. The second kappa shape index (κ2) is 5.99. The molecule has 110 valence electrons. The zero-order chi connectivity index (χ0) is 15.6. The minimum absolute atomic E-state index is 0.0204. The lowest BCUT2D eigenvalue weighted by Gasteiger charge is -2.08. The van der Waals surface area contributed by atoms with Gasteiger partial charge in [-0.05, 0) is 61.4 Å². The van der Waals surface area contributed by atoms with Gasteiger partial charge < -0.3 is 4.74 Å². The summed E-state index contributed by atoms with van der Waals surface area (Å²) in [5.74, 6) is -0.662. The van der Waals surface area contributed by atoms with Crippen molar-refractivity contribution in [1.29, 1.82) is 0 Å². The normalized spacial score (nSPS) is 10.8. The lowest BCUT2D eigenvalue weighted by Crippen LogP contribution is -2.05. The molecule has 0 atom stereocenters. The fourth-order valence-electron chi connectivity index (χ4n) is 2.03. The van der Waals surface area contributed by atoms with Gasteiger partial charge in [0.1, 0.15) is 11.6 Å². The first kappa shape index (κ1) is 15.1. The molecule has 0 aromatic heterocycles. The Morgan fingerprint density at radius 2 is 1.52 bits per heavy atom. The highest BCUT2D eigenvalue weighted by Crippen LogP contribution is 2.20. The highest BCUT2D eigenvalue weighted by molar-refractivity contribution is 6.09. The molecule has 0 aliphatic rings. The third-order valence-corrected chi connectivity index (χ3v) is 3.04. The SMILES string of the molecule is Cc1cc(C(=O)c2ccc(OC(F)F)cc2)cc(C)c1F. The maximum absolute atomic E-state index is 13.6. The largest absolute Gasteiger partial charge is 0.435 e. The van der Waals surface area contributed by atoms with Gasteiger partial charge in [0.05, 0.1) is 0 Å². The molecule has 5 heteroatoms. The smallest absolute Gasteiger partial charge is 0.387 e. The molecule has 0 aliphatic heterocycles. The number of rotatable bonds is 4. The van der Waals surface area contributed by atoms with Gasteiger partial charge in [0.15, 0.2) is 5.78 Å². The van der Waals surface area contributed by atoms with Crippen LogP contribution in [0.2, 0.25) is 0 Å². The number of ketones is 1. The van der Waals surface area contributed by atoms with Crippen LogP contribution < -0.4 is 4.74 Å². The van der Waals surface area contributed by atoms with E-state index in [0.717, 1.165) is 0 Å². The van der Waals surface area contributed by atoms with E-state index in [-0.39, 0.29) is 17.3 Å². The summed E-state index contributed by atoms with van der Waals surface area (Å²) in [6, 6.07) is 8.32. The van der Waals surface area contributed by atoms with E-state index < -0.39 is 6.61 Å². The molecule has 0 saturated heterocycles. The third kappa shape index (κ3) is 3.42. The van der Waals surface area contributed by atoms with E-state index in [4.69, 9.17) is 0 Å². The van der Waals surface area contributed by atoms with Crippen LogP contribution in [0.15, 0.2) is 36.4 Å². The van der Waals surface area contributed by atoms with Crippen LogP contribution in [0.1, 0.15) is 27.0 Å². The highest BCUT2D eigenvalue weighted by atomic mass is 19.3. The lowest BCUT2D eigenvalue weighted by molar-refractivity contribution is -0.0498. The molecule has 0 aliphatic carbocycles. The van der Waals surface area contributed by atoms with Crippen molar-refractivity contribution in [3.63, 3.8) is 0 Å². The molecule has 0 bridgehead atoms. The predicted molar refractivity (Wildman–Crippen MR) is 72.4 cm³/mol. The van der Waals surface area contributed by atoms with Gasteiger partial charge in [0.25, 0.3) is 0 Å². The van der Waals surface area contributed by atoms with Crippen LogP contribution in [-0.4, -0.2) is 12.4 Å². The fraction of sp³-hybridized carbons (Fsp3) is 0.188. The van der Waals surface area contributed by atoms with E-state index in [0.29, 0.717) is 22.3 Å². The van der Waals surface area contributed by atoms with Crippen LogP contribution in [-0.2, 0) is 0 Å². The summed E-state index contributed by atoms with van der Waals surface area (Å²) in [4.78, 5) is 12.3. The van der Waals surface area contributed by atoms with Crippen molar-refractivity contribution in [3.05, 3.63) is 64.5 Å². The average Bonchev–Trinajstić information content (AvgIpc) is 2.43. The summed E-state index contributed by atoms with van der Waals surface area (Å²) in [5, 5.41) is 0. The van der Waals surface area contributed by atoms with Gasteiger partial charge in [-0.2, -0.15) is 8.78 Å².